The van der Waals surface area contributed by atoms with Crippen molar-refractivity contribution in [2.24, 2.45) is 4.99 Å². The minimum atomic E-state index is 0.176. The zero-order chi connectivity index (χ0) is 18.3. The fourth-order valence-electron chi connectivity index (χ4n) is 3.22. The fourth-order valence-corrected chi connectivity index (χ4v) is 4.51. The molecular weight excluding hydrogens is 360 g/mol. The second-order valence-corrected chi connectivity index (χ2v) is 7.88. The average Bonchev–Trinajstić information content (AvgIpc) is 3.17. The summed E-state index contributed by atoms with van der Waals surface area (Å²) in [4.78, 5) is 5.32. The first-order valence-corrected chi connectivity index (χ1v) is 9.71. The van der Waals surface area contributed by atoms with Crippen LogP contribution in [0.3, 0.4) is 0 Å². The maximum absolute atomic E-state index is 10.8. The Kier molecular flexibility index (Phi) is 4.34. The first-order valence-electron chi connectivity index (χ1n) is 8.49. The Bertz CT molecular complexity index is 1120. The van der Waals surface area contributed by atoms with E-state index < -0.39 is 0 Å². The van der Waals surface area contributed by atoms with Gasteiger partial charge in [-0.05, 0) is 48.8 Å². The van der Waals surface area contributed by atoms with Gasteiger partial charge in [-0.3, -0.25) is 9.56 Å². The lowest BCUT2D eigenvalue weighted by molar-refractivity contribution is 0.441. The van der Waals surface area contributed by atoms with E-state index in [0.717, 1.165) is 39.4 Å². The first-order chi connectivity index (χ1) is 12.6. The third kappa shape index (κ3) is 2.73. The number of nitrogens with zero attached hydrogens (tertiary/aromatic N) is 2. The summed E-state index contributed by atoms with van der Waals surface area (Å²) in [6.07, 6.45) is 4.78. The SMILES string of the molecule is CCc1cccc2c1N=CC2=Cc1sc(=S)n(-c2ccccc2C)c1O. The van der Waals surface area contributed by atoms with E-state index in [1.54, 1.807) is 4.57 Å². The Morgan fingerprint density at radius 3 is 2.77 bits per heavy atom. The minimum absolute atomic E-state index is 0.176. The van der Waals surface area contributed by atoms with Crippen LogP contribution in [-0.2, 0) is 6.42 Å². The maximum Gasteiger partial charge on any atom is 0.215 e. The third-order valence-electron chi connectivity index (χ3n) is 4.60. The number of hydrogen-bond donors (Lipinski definition) is 1. The number of allylic oxidation sites excluding steroid dienone is 1. The molecule has 1 aliphatic heterocycles. The molecule has 2 aromatic carbocycles. The molecule has 3 nitrogen and oxygen atoms in total. The molecule has 1 aliphatic rings. The van der Waals surface area contributed by atoms with Gasteiger partial charge < -0.3 is 5.11 Å². The molecule has 2 heterocycles. The van der Waals surface area contributed by atoms with Gasteiger partial charge in [0.1, 0.15) is 0 Å². The molecule has 0 saturated carbocycles. The minimum Gasteiger partial charge on any atom is -0.493 e. The molecule has 1 N–H and O–H groups in total. The highest BCUT2D eigenvalue weighted by Crippen LogP contribution is 2.39. The molecule has 1 aromatic heterocycles. The molecule has 0 aliphatic carbocycles. The van der Waals surface area contributed by atoms with E-state index in [9.17, 15) is 5.11 Å². The molecule has 0 atom stereocenters. The first kappa shape index (κ1) is 16.9. The lowest BCUT2D eigenvalue weighted by Crippen LogP contribution is -1.95. The van der Waals surface area contributed by atoms with Crippen LogP contribution in [0, 0.1) is 10.9 Å². The highest BCUT2D eigenvalue weighted by atomic mass is 32.1. The number of aromatic hydroxyl groups is 1. The number of aliphatic imine (C=N–C) groups is 1. The predicted octanol–water partition coefficient (Wildman–Crippen LogP) is 6.10. The summed E-state index contributed by atoms with van der Waals surface area (Å²) in [5.74, 6) is 0.176. The van der Waals surface area contributed by atoms with Crippen molar-refractivity contribution in [2.45, 2.75) is 20.3 Å². The zero-order valence-electron chi connectivity index (χ0n) is 14.6. The Hall–Kier alpha value is -2.50. The van der Waals surface area contributed by atoms with Crippen LogP contribution >= 0.6 is 23.6 Å². The highest BCUT2D eigenvalue weighted by Gasteiger charge is 2.18. The maximum atomic E-state index is 10.8. The van der Waals surface area contributed by atoms with E-state index in [1.165, 1.54) is 16.9 Å². The molecule has 0 radical (unpaired) electrons. The summed E-state index contributed by atoms with van der Waals surface area (Å²) < 4.78 is 2.36. The number of aromatic nitrogens is 1. The van der Waals surface area contributed by atoms with Crippen LogP contribution in [0.2, 0.25) is 0 Å². The lowest BCUT2D eigenvalue weighted by atomic mass is 10.0. The Labute approximate surface area is 161 Å². The average molecular weight is 379 g/mol. The predicted molar refractivity (Wildman–Crippen MR) is 113 cm³/mol. The largest absolute Gasteiger partial charge is 0.493 e. The fraction of sp³-hybridized carbons (Fsp3) is 0.143. The van der Waals surface area contributed by atoms with E-state index in [-0.39, 0.29) is 5.88 Å². The van der Waals surface area contributed by atoms with E-state index in [4.69, 9.17) is 12.2 Å². The van der Waals surface area contributed by atoms with Crippen LogP contribution < -0.4 is 0 Å². The van der Waals surface area contributed by atoms with Gasteiger partial charge in [0, 0.05) is 17.4 Å². The van der Waals surface area contributed by atoms with E-state index in [2.05, 4.69) is 30.1 Å². The van der Waals surface area contributed by atoms with Gasteiger partial charge in [-0.15, -0.1) is 11.3 Å². The van der Waals surface area contributed by atoms with Gasteiger partial charge in [-0.25, -0.2) is 0 Å². The summed E-state index contributed by atoms with van der Waals surface area (Å²) in [6.45, 7) is 4.14. The highest BCUT2D eigenvalue weighted by molar-refractivity contribution is 7.73. The summed E-state index contributed by atoms with van der Waals surface area (Å²) in [6, 6.07) is 14.1. The van der Waals surface area contributed by atoms with E-state index >= 15 is 0 Å². The number of fused-ring (bicyclic) bond motifs is 1. The number of aryl methyl sites for hydroxylation is 2. The summed E-state index contributed by atoms with van der Waals surface area (Å²) in [7, 11) is 0. The number of rotatable bonds is 3. The van der Waals surface area contributed by atoms with Crippen LogP contribution in [0.1, 0.15) is 28.5 Å². The number of hydrogen-bond acceptors (Lipinski definition) is 4. The van der Waals surface area contributed by atoms with E-state index in [1.807, 2.05) is 43.5 Å². The third-order valence-corrected chi connectivity index (χ3v) is 5.91. The molecule has 0 saturated heterocycles. The molecule has 0 amide bonds. The second-order valence-electron chi connectivity index (χ2n) is 6.20. The summed E-state index contributed by atoms with van der Waals surface area (Å²) >= 11 is 6.92. The van der Waals surface area contributed by atoms with Gasteiger partial charge in [0.25, 0.3) is 0 Å². The Morgan fingerprint density at radius 2 is 2.00 bits per heavy atom. The molecule has 5 heteroatoms. The van der Waals surface area contributed by atoms with Crippen LogP contribution in [0.15, 0.2) is 47.5 Å². The van der Waals surface area contributed by atoms with Gasteiger partial charge >= 0.3 is 0 Å². The number of benzene rings is 2. The van der Waals surface area contributed by atoms with Crippen LogP contribution in [-0.4, -0.2) is 15.9 Å². The second kappa shape index (κ2) is 6.67. The van der Waals surface area contributed by atoms with Gasteiger partial charge in [0.2, 0.25) is 5.88 Å². The molecule has 0 bridgehead atoms. The van der Waals surface area contributed by atoms with Crippen molar-refractivity contribution >= 4 is 47.1 Å². The normalized spacial score (nSPS) is 14.2. The molecule has 0 fully saturated rings. The van der Waals surface area contributed by atoms with Crippen molar-refractivity contribution in [1.82, 2.24) is 4.57 Å². The van der Waals surface area contributed by atoms with Crippen molar-refractivity contribution in [3.8, 4) is 11.6 Å². The Balaban J connectivity index is 1.83. The molecular formula is C21H18N2OS2. The monoisotopic (exact) mass is 378 g/mol. The number of para-hydroxylation sites is 2. The van der Waals surface area contributed by atoms with Crippen LogP contribution in [0.25, 0.3) is 17.3 Å². The molecule has 130 valence electrons. The van der Waals surface area contributed by atoms with Crippen LogP contribution in [0.5, 0.6) is 5.88 Å². The van der Waals surface area contributed by atoms with Gasteiger partial charge in [-0.2, -0.15) is 0 Å². The molecule has 0 unspecified atom stereocenters. The van der Waals surface area contributed by atoms with Crippen LogP contribution in [0.4, 0.5) is 5.69 Å². The summed E-state index contributed by atoms with van der Waals surface area (Å²) in [5, 5.41) is 10.8. The zero-order valence-corrected chi connectivity index (χ0v) is 16.2. The van der Waals surface area contributed by atoms with E-state index in [0.29, 0.717) is 3.95 Å². The lowest BCUT2D eigenvalue weighted by Gasteiger charge is -2.08. The quantitative estimate of drug-likeness (QED) is 0.559. The van der Waals surface area contributed by atoms with Gasteiger partial charge in [0.15, 0.2) is 3.95 Å². The molecule has 4 rings (SSSR count). The molecule has 26 heavy (non-hydrogen) atoms. The van der Waals surface area contributed by atoms with Crippen molar-refractivity contribution < 1.29 is 5.11 Å². The smallest absolute Gasteiger partial charge is 0.215 e. The van der Waals surface area contributed by atoms with Gasteiger partial charge in [-0.1, -0.05) is 43.3 Å². The van der Waals surface area contributed by atoms with Crippen molar-refractivity contribution in [3.05, 3.63) is 68.0 Å². The standard InChI is InChI=1S/C21H18N2OS2/c1-3-14-8-6-9-16-15(12-22-19(14)16)11-18-20(24)23(21(25)26-18)17-10-5-4-7-13(17)2/h4-12,24H,3H2,1-2H3. The van der Waals surface area contributed by atoms with Crippen molar-refractivity contribution in [2.75, 3.05) is 0 Å². The number of thiazole rings is 1. The van der Waals surface area contributed by atoms with Crippen molar-refractivity contribution in [3.63, 3.8) is 0 Å². The topological polar surface area (TPSA) is 37.5 Å². The molecule has 0 spiro atoms. The van der Waals surface area contributed by atoms with Gasteiger partial charge in [0.05, 0.1) is 16.3 Å². The molecule has 3 aromatic rings. The van der Waals surface area contributed by atoms with Crippen molar-refractivity contribution in [1.29, 1.82) is 0 Å². The Morgan fingerprint density at radius 1 is 1.19 bits per heavy atom. The summed E-state index contributed by atoms with van der Waals surface area (Å²) in [5.41, 5.74) is 6.34.